The van der Waals surface area contributed by atoms with Gasteiger partial charge in [-0.1, -0.05) is 48.0 Å². The van der Waals surface area contributed by atoms with Crippen LogP contribution in [-0.4, -0.2) is 55.7 Å². The predicted octanol–water partition coefficient (Wildman–Crippen LogP) is 3.00. The van der Waals surface area contributed by atoms with Gasteiger partial charge >= 0.3 is 0 Å². The summed E-state index contributed by atoms with van der Waals surface area (Å²) in [5, 5.41) is 3.56. The van der Waals surface area contributed by atoms with Crippen LogP contribution in [0.2, 0.25) is 5.02 Å². The number of fused-ring (bicyclic) bond motifs is 1. The maximum Gasteiger partial charge on any atom is 0.230 e. The minimum Gasteiger partial charge on any atom is -0.493 e. The number of amides is 2. The van der Waals surface area contributed by atoms with Crippen LogP contribution >= 0.6 is 11.6 Å². The van der Waals surface area contributed by atoms with E-state index in [0.717, 1.165) is 11.1 Å². The molecule has 8 heteroatoms. The van der Waals surface area contributed by atoms with Crippen molar-refractivity contribution in [2.24, 2.45) is 11.8 Å². The molecule has 0 aliphatic carbocycles. The molecular weight excluding hydrogens is 456 g/mol. The highest BCUT2D eigenvalue weighted by molar-refractivity contribution is 6.31. The van der Waals surface area contributed by atoms with Gasteiger partial charge in [-0.25, -0.2) is 0 Å². The van der Waals surface area contributed by atoms with Crippen LogP contribution in [0.4, 0.5) is 0 Å². The lowest BCUT2D eigenvalue weighted by Gasteiger charge is -2.23. The van der Waals surface area contributed by atoms with Gasteiger partial charge in [-0.15, -0.1) is 0 Å². The highest BCUT2D eigenvalue weighted by Crippen LogP contribution is 2.51. The Balaban J connectivity index is 1.27. The van der Waals surface area contributed by atoms with Crippen LogP contribution in [0.3, 0.4) is 0 Å². The molecular formula is C26H27ClN2O5. The summed E-state index contributed by atoms with van der Waals surface area (Å²) in [7, 11) is 3.20. The van der Waals surface area contributed by atoms with E-state index >= 15 is 0 Å². The van der Waals surface area contributed by atoms with Crippen molar-refractivity contribution in [3.63, 3.8) is 0 Å². The number of nitrogens with zero attached hydrogens (tertiary/aromatic N) is 1. The van der Waals surface area contributed by atoms with E-state index in [-0.39, 0.29) is 17.9 Å². The van der Waals surface area contributed by atoms with Crippen molar-refractivity contribution in [1.29, 1.82) is 0 Å². The number of halogens is 1. The molecule has 0 aromatic heterocycles. The lowest BCUT2D eigenvalue weighted by Crippen LogP contribution is -2.44. The fourth-order valence-electron chi connectivity index (χ4n) is 5.31. The Morgan fingerprint density at radius 1 is 1.21 bits per heavy atom. The van der Waals surface area contributed by atoms with Crippen molar-refractivity contribution in [1.82, 2.24) is 10.2 Å². The van der Waals surface area contributed by atoms with Crippen LogP contribution in [0.15, 0.2) is 54.6 Å². The number of rotatable bonds is 8. The molecule has 1 spiro atoms. The van der Waals surface area contributed by atoms with Crippen molar-refractivity contribution in [2.75, 3.05) is 27.3 Å². The molecule has 178 valence electrons. The zero-order chi connectivity index (χ0) is 23.9. The fraction of sp³-hybridized carbons (Fsp3) is 0.385. The molecule has 2 bridgehead atoms. The van der Waals surface area contributed by atoms with Crippen LogP contribution in [-0.2, 0) is 27.3 Å². The molecule has 34 heavy (non-hydrogen) atoms. The SMILES string of the molecule is COc1ccc(CCN2C[C@@]34C=C[C@H](O3)[C@H](C(=O)NCc3ccccc3Cl)[C@H]4C2=O)cc1OC. The second-order valence-electron chi connectivity index (χ2n) is 8.91. The summed E-state index contributed by atoms with van der Waals surface area (Å²) in [5.41, 5.74) is 1.14. The highest BCUT2D eigenvalue weighted by Gasteiger charge is 2.66. The Bertz CT molecular complexity index is 1150. The Hall–Kier alpha value is -3.03. The first-order valence-electron chi connectivity index (χ1n) is 11.3. The first-order valence-corrected chi connectivity index (χ1v) is 11.7. The van der Waals surface area contributed by atoms with Gasteiger partial charge in [0.1, 0.15) is 5.60 Å². The molecule has 0 radical (unpaired) electrons. The zero-order valence-electron chi connectivity index (χ0n) is 19.1. The van der Waals surface area contributed by atoms with Crippen molar-refractivity contribution < 1.29 is 23.8 Å². The summed E-state index contributed by atoms with van der Waals surface area (Å²) in [6.45, 7) is 1.29. The highest BCUT2D eigenvalue weighted by atomic mass is 35.5. The van der Waals surface area contributed by atoms with E-state index in [9.17, 15) is 9.59 Å². The van der Waals surface area contributed by atoms with E-state index < -0.39 is 17.4 Å². The summed E-state index contributed by atoms with van der Waals surface area (Å²) in [6.07, 6.45) is 4.16. The third-order valence-corrected chi connectivity index (χ3v) is 7.38. The third-order valence-electron chi connectivity index (χ3n) is 7.01. The maximum atomic E-state index is 13.4. The maximum absolute atomic E-state index is 13.4. The summed E-state index contributed by atoms with van der Waals surface area (Å²) in [4.78, 5) is 28.4. The largest absolute Gasteiger partial charge is 0.493 e. The van der Waals surface area contributed by atoms with Crippen LogP contribution in [0.5, 0.6) is 11.5 Å². The number of hydrogen-bond acceptors (Lipinski definition) is 5. The van der Waals surface area contributed by atoms with Crippen LogP contribution < -0.4 is 14.8 Å². The smallest absolute Gasteiger partial charge is 0.230 e. The van der Waals surface area contributed by atoms with E-state index in [2.05, 4.69) is 5.32 Å². The molecule has 2 aromatic carbocycles. The molecule has 2 amide bonds. The third kappa shape index (κ3) is 3.83. The van der Waals surface area contributed by atoms with E-state index in [4.69, 9.17) is 25.8 Å². The van der Waals surface area contributed by atoms with Crippen LogP contribution in [0, 0.1) is 11.8 Å². The van der Waals surface area contributed by atoms with Crippen molar-refractivity contribution in [3.8, 4) is 11.5 Å². The number of benzene rings is 2. The first-order chi connectivity index (χ1) is 16.5. The first kappa shape index (κ1) is 22.7. The molecule has 3 heterocycles. The summed E-state index contributed by atoms with van der Waals surface area (Å²) >= 11 is 6.22. The van der Waals surface area contributed by atoms with E-state index in [1.165, 1.54) is 0 Å². The minimum absolute atomic E-state index is 0.0368. The average Bonchev–Trinajstić information content (AvgIpc) is 3.49. The van der Waals surface area contributed by atoms with Crippen LogP contribution in [0.1, 0.15) is 11.1 Å². The van der Waals surface area contributed by atoms with E-state index in [1.54, 1.807) is 20.3 Å². The van der Waals surface area contributed by atoms with Crippen molar-refractivity contribution >= 4 is 23.4 Å². The van der Waals surface area contributed by atoms with Gasteiger partial charge in [0.05, 0.1) is 38.7 Å². The topological polar surface area (TPSA) is 77.1 Å². The molecule has 4 atom stereocenters. The number of nitrogens with one attached hydrogen (secondary N) is 1. The number of carbonyl (C=O) groups excluding carboxylic acids is 2. The van der Waals surface area contributed by atoms with Gasteiger partial charge in [-0.2, -0.15) is 0 Å². The zero-order valence-corrected chi connectivity index (χ0v) is 19.9. The van der Waals surface area contributed by atoms with Gasteiger partial charge in [0.15, 0.2) is 11.5 Å². The number of hydrogen-bond donors (Lipinski definition) is 1. The Morgan fingerprint density at radius 3 is 2.76 bits per heavy atom. The fourth-order valence-corrected chi connectivity index (χ4v) is 5.51. The van der Waals surface area contributed by atoms with Gasteiger partial charge in [0.25, 0.3) is 0 Å². The second kappa shape index (κ2) is 8.96. The van der Waals surface area contributed by atoms with Crippen molar-refractivity contribution in [2.45, 2.75) is 24.7 Å². The predicted molar refractivity (Wildman–Crippen MR) is 127 cm³/mol. The quantitative estimate of drug-likeness (QED) is 0.585. The summed E-state index contributed by atoms with van der Waals surface area (Å²) in [5.74, 6) is 0.0353. The minimum atomic E-state index is -0.730. The van der Waals surface area contributed by atoms with E-state index in [0.29, 0.717) is 42.6 Å². The lowest BCUT2D eigenvalue weighted by molar-refractivity contribution is -0.137. The molecule has 1 N–H and O–H groups in total. The number of likely N-dealkylation sites (tertiary alicyclic amines) is 1. The number of carbonyl (C=O) groups is 2. The molecule has 5 rings (SSSR count). The average molecular weight is 483 g/mol. The van der Waals surface area contributed by atoms with Gasteiger partial charge in [-0.3, -0.25) is 9.59 Å². The van der Waals surface area contributed by atoms with Gasteiger partial charge in [0, 0.05) is 18.1 Å². The van der Waals surface area contributed by atoms with Gasteiger partial charge in [-0.05, 0) is 35.7 Å². The molecule has 2 saturated heterocycles. The Labute approximate surface area is 203 Å². The molecule has 2 aromatic rings. The Morgan fingerprint density at radius 2 is 2.00 bits per heavy atom. The number of methoxy groups -OCH3 is 2. The van der Waals surface area contributed by atoms with Crippen LogP contribution in [0.25, 0.3) is 0 Å². The Kier molecular flexibility index (Phi) is 6.00. The molecule has 0 unspecified atom stereocenters. The number of ether oxygens (including phenoxy) is 3. The molecule has 7 nitrogen and oxygen atoms in total. The van der Waals surface area contributed by atoms with Gasteiger partial charge < -0.3 is 24.4 Å². The molecule has 3 aliphatic heterocycles. The monoisotopic (exact) mass is 482 g/mol. The van der Waals surface area contributed by atoms with E-state index in [1.807, 2.05) is 53.5 Å². The summed E-state index contributed by atoms with van der Waals surface area (Å²) < 4.78 is 16.9. The lowest BCUT2D eigenvalue weighted by atomic mass is 9.77. The molecule has 2 fully saturated rings. The van der Waals surface area contributed by atoms with Crippen molar-refractivity contribution in [3.05, 3.63) is 70.8 Å². The van der Waals surface area contributed by atoms with Gasteiger partial charge in [0.2, 0.25) is 11.8 Å². The standard InChI is InChI=1S/C26H27ClN2O5/c1-32-19-8-7-16(13-21(19)33-2)10-12-29-15-26-11-9-20(34-26)22(23(26)25(29)31)24(30)28-14-17-5-3-4-6-18(17)27/h3-9,11,13,20,22-23H,10,12,14-15H2,1-2H3,(H,28,30)/t20-,22-,23-,26+/m0/s1. The summed E-state index contributed by atoms with van der Waals surface area (Å²) in [6, 6.07) is 13.1. The normalized spacial score (nSPS) is 26.6. The molecule has 0 saturated carbocycles. The second-order valence-corrected chi connectivity index (χ2v) is 9.32. The molecule has 3 aliphatic rings.